The first-order valence-corrected chi connectivity index (χ1v) is 12.5. The molecule has 0 heterocycles. The molecule has 0 aliphatic heterocycles. The quantitative estimate of drug-likeness (QED) is 0.299. The summed E-state index contributed by atoms with van der Waals surface area (Å²) in [5.74, 6) is -9.47. The second-order valence-electron chi connectivity index (χ2n) is 10.5. The van der Waals surface area contributed by atoms with E-state index in [1.165, 1.54) is 6.07 Å². The number of carbonyl (C=O) groups is 4. The van der Waals surface area contributed by atoms with E-state index in [9.17, 15) is 39.6 Å². The van der Waals surface area contributed by atoms with Crippen LogP contribution in [0.3, 0.4) is 0 Å². The fourth-order valence-electron chi connectivity index (χ4n) is 6.65. The summed E-state index contributed by atoms with van der Waals surface area (Å²) in [6, 6.07) is 4.56. The van der Waals surface area contributed by atoms with E-state index in [1.54, 1.807) is 19.1 Å². The maximum atomic E-state index is 13.9. The molecule has 10 nitrogen and oxygen atoms in total. The average molecular weight is 512 g/mol. The highest BCUT2D eigenvalue weighted by Crippen LogP contribution is 2.56. The predicted octanol–water partition coefficient (Wildman–Crippen LogP) is 2.09. The molecule has 5 rings (SSSR count). The van der Waals surface area contributed by atoms with E-state index in [0.29, 0.717) is 18.4 Å². The van der Waals surface area contributed by atoms with Crippen molar-refractivity contribution in [2.24, 2.45) is 23.5 Å². The summed E-state index contributed by atoms with van der Waals surface area (Å²) in [6.45, 7) is 1.73. The monoisotopic (exact) mass is 511 g/mol. The van der Waals surface area contributed by atoms with Gasteiger partial charge in [0, 0.05) is 23.8 Å². The molecule has 0 aromatic heterocycles. The molecular formula is C27H29NO9. The maximum absolute atomic E-state index is 13.9. The number of nitrogens with two attached hydrogens (primary N) is 1. The highest BCUT2D eigenvalue weighted by molar-refractivity contribution is 6.23. The molecule has 0 bridgehead atoms. The van der Waals surface area contributed by atoms with Gasteiger partial charge >= 0.3 is 5.97 Å². The van der Waals surface area contributed by atoms with Gasteiger partial charge in [0.15, 0.2) is 11.4 Å². The van der Waals surface area contributed by atoms with Crippen molar-refractivity contribution in [2.45, 2.75) is 63.1 Å². The molecule has 2 saturated carbocycles. The molecule has 0 spiro atoms. The number of esters is 1. The molecule has 196 valence electrons. The number of ketones is 2. The van der Waals surface area contributed by atoms with Crippen LogP contribution in [-0.2, 0) is 23.9 Å². The Morgan fingerprint density at radius 2 is 1.76 bits per heavy atom. The minimum Gasteiger partial charge on any atom is -0.508 e. The molecule has 4 aliphatic carbocycles. The van der Waals surface area contributed by atoms with Crippen LogP contribution in [0.25, 0.3) is 5.76 Å². The van der Waals surface area contributed by atoms with Crippen LogP contribution < -0.4 is 5.73 Å². The molecule has 10 heteroatoms. The van der Waals surface area contributed by atoms with Gasteiger partial charge in [-0.05, 0) is 30.4 Å². The van der Waals surface area contributed by atoms with Gasteiger partial charge in [-0.2, -0.15) is 0 Å². The molecule has 6 N–H and O–H groups in total. The van der Waals surface area contributed by atoms with Crippen LogP contribution in [0, 0.1) is 17.8 Å². The summed E-state index contributed by atoms with van der Waals surface area (Å²) in [5.41, 5.74) is 1.63. The number of rotatable bonds is 3. The molecular weight excluding hydrogens is 482 g/mol. The number of amides is 1. The van der Waals surface area contributed by atoms with Gasteiger partial charge in [0.1, 0.15) is 28.9 Å². The second-order valence-corrected chi connectivity index (χ2v) is 10.5. The lowest BCUT2D eigenvalue weighted by Crippen LogP contribution is -2.64. The van der Waals surface area contributed by atoms with Crippen molar-refractivity contribution in [3.8, 4) is 5.75 Å². The standard InChI is InChI=1S/C27H29NO9/c1-11-13-8-5-9-15(29)18(13)21(31)20-17(11)22(37-26(35)12-6-3-2-4-7-12)14-10-16(30)19(25(28)34)23(32)27(14,36)24(20)33/h5,8-9,11-12,14,17,22,29,31-32,36H,2-4,6-7,10H2,1H3,(H2,28,34). The van der Waals surface area contributed by atoms with Gasteiger partial charge in [-0.1, -0.05) is 38.3 Å². The number of ether oxygens (including phenoxy) is 1. The van der Waals surface area contributed by atoms with Crippen molar-refractivity contribution < 1.29 is 44.3 Å². The summed E-state index contributed by atoms with van der Waals surface area (Å²) >= 11 is 0. The molecule has 0 radical (unpaired) electrons. The number of primary amides is 1. The minimum absolute atomic E-state index is 0.0144. The van der Waals surface area contributed by atoms with E-state index in [-0.39, 0.29) is 16.9 Å². The Labute approximate surface area is 212 Å². The number of phenolic OH excluding ortho intramolecular Hbond substituents is 1. The Morgan fingerprint density at radius 1 is 1.08 bits per heavy atom. The summed E-state index contributed by atoms with van der Waals surface area (Å²) < 4.78 is 5.98. The summed E-state index contributed by atoms with van der Waals surface area (Å²) in [7, 11) is 0. The van der Waals surface area contributed by atoms with Gasteiger partial charge in [-0.15, -0.1) is 0 Å². The Morgan fingerprint density at radius 3 is 2.41 bits per heavy atom. The minimum atomic E-state index is -2.85. The molecule has 0 saturated heterocycles. The van der Waals surface area contributed by atoms with Crippen molar-refractivity contribution in [1.29, 1.82) is 0 Å². The van der Waals surface area contributed by atoms with E-state index in [4.69, 9.17) is 10.5 Å². The van der Waals surface area contributed by atoms with Gasteiger partial charge in [0.05, 0.1) is 11.5 Å². The van der Waals surface area contributed by atoms with E-state index >= 15 is 0 Å². The Balaban J connectivity index is 1.72. The van der Waals surface area contributed by atoms with Crippen LogP contribution in [0.2, 0.25) is 0 Å². The van der Waals surface area contributed by atoms with E-state index in [2.05, 4.69) is 0 Å². The highest BCUT2D eigenvalue weighted by Gasteiger charge is 2.66. The fourth-order valence-corrected chi connectivity index (χ4v) is 6.65. The number of aromatic hydroxyl groups is 1. The van der Waals surface area contributed by atoms with Crippen LogP contribution >= 0.6 is 0 Å². The van der Waals surface area contributed by atoms with Gasteiger partial charge in [-0.25, -0.2) is 0 Å². The zero-order valence-corrected chi connectivity index (χ0v) is 20.3. The van der Waals surface area contributed by atoms with Crippen LogP contribution in [0.5, 0.6) is 5.75 Å². The number of aliphatic hydroxyl groups is 3. The van der Waals surface area contributed by atoms with Gasteiger partial charge in [0.2, 0.25) is 5.78 Å². The predicted molar refractivity (Wildman–Crippen MR) is 128 cm³/mol. The Kier molecular flexibility index (Phi) is 5.90. The number of benzene rings is 1. The number of hydrogen-bond acceptors (Lipinski definition) is 9. The lowest BCUT2D eigenvalue weighted by atomic mass is 9.55. The SMILES string of the molecule is CC1c2cccc(O)c2C(O)=C2C(=O)C3(O)C(O)=C(C(N)=O)C(=O)CC3C(OC(=O)C3CCCCC3)C21. The number of fused-ring (bicyclic) bond motifs is 3. The summed E-state index contributed by atoms with van der Waals surface area (Å²) in [5, 5.41) is 44.3. The second kappa shape index (κ2) is 8.72. The van der Waals surface area contributed by atoms with Crippen molar-refractivity contribution in [3.05, 3.63) is 46.2 Å². The van der Waals surface area contributed by atoms with E-state index < -0.39 is 82.3 Å². The van der Waals surface area contributed by atoms with Crippen LogP contribution in [0.4, 0.5) is 0 Å². The van der Waals surface area contributed by atoms with Crippen molar-refractivity contribution in [2.75, 3.05) is 0 Å². The summed E-state index contributed by atoms with van der Waals surface area (Å²) in [4.78, 5) is 52.0. The van der Waals surface area contributed by atoms with Crippen molar-refractivity contribution >= 4 is 29.2 Å². The molecule has 1 amide bonds. The lowest BCUT2D eigenvalue weighted by molar-refractivity contribution is -0.182. The topological polar surface area (TPSA) is 184 Å². The molecule has 1 aromatic carbocycles. The van der Waals surface area contributed by atoms with E-state index in [0.717, 1.165) is 19.3 Å². The normalized spacial score (nSPS) is 31.9. The van der Waals surface area contributed by atoms with Crippen molar-refractivity contribution in [1.82, 2.24) is 0 Å². The largest absolute Gasteiger partial charge is 0.508 e. The smallest absolute Gasteiger partial charge is 0.309 e. The van der Waals surface area contributed by atoms with Crippen LogP contribution in [0.15, 0.2) is 35.1 Å². The third-order valence-corrected chi connectivity index (χ3v) is 8.53. The van der Waals surface area contributed by atoms with Crippen molar-refractivity contribution in [3.63, 3.8) is 0 Å². The molecule has 5 unspecified atom stereocenters. The molecule has 2 fully saturated rings. The number of phenols is 1. The van der Waals surface area contributed by atoms with Crippen LogP contribution in [-0.4, -0.2) is 55.6 Å². The van der Waals surface area contributed by atoms with Crippen LogP contribution in [0.1, 0.15) is 62.5 Å². The zero-order chi connectivity index (χ0) is 26.8. The van der Waals surface area contributed by atoms with Gasteiger partial charge in [0.25, 0.3) is 5.91 Å². The lowest BCUT2D eigenvalue weighted by Gasteiger charge is -2.51. The Hall–Kier alpha value is -3.66. The Bertz CT molecular complexity index is 1290. The van der Waals surface area contributed by atoms with Gasteiger partial charge in [-0.3, -0.25) is 19.2 Å². The number of Topliss-reactive ketones (excluding diaryl/α,β-unsaturated/α-hetero) is 2. The first-order valence-electron chi connectivity index (χ1n) is 12.5. The van der Waals surface area contributed by atoms with E-state index in [1.807, 2.05) is 0 Å². The average Bonchev–Trinajstić information content (AvgIpc) is 2.86. The fraction of sp³-hybridized carbons (Fsp3) is 0.481. The first kappa shape index (κ1) is 25.0. The third-order valence-electron chi connectivity index (χ3n) is 8.53. The third kappa shape index (κ3) is 3.49. The summed E-state index contributed by atoms with van der Waals surface area (Å²) in [6.07, 6.45) is 2.02. The maximum Gasteiger partial charge on any atom is 0.309 e. The zero-order valence-electron chi connectivity index (χ0n) is 20.3. The molecule has 1 aromatic rings. The number of hydrogen-bond donors (Lipinski definition) is 5. The van der Waals surface area contributed by atoms with Gasteiger partial charge < -0.3 is 30.9 Å². The first-order chi connectivity index (χ1) is 17.5. The highest BCUT2D eigenvalue weighted by atomic mass is 16.5. The molecule has 4 aliphatic rings. The number of carbonyl (C=O) groups excluding carboxylic acids is 4. The number of aliphatic hydroxyl groups excluding tert-OH is 2. The molecule has 5 atom stereocenters. The molecule has 37 heavy (non-hydrogen) atoms.